The fourth-order valence-electron chi connectivity index (χ4n) is 3.55. The van der Waals surface area contributed by atoms with Gasteiger partial charge in [0.2, 0.25) is 5.88 Å². The van der Waals surface area contributed by atoms with Crippen LogP contribution < -0.4 is 10.1 Å². The molecule has 1 unspecified atom stereocenters. The molecule has 2 aromatic heterocycles. The van der Waals surface area contributed by atoms with Crippen LogP contribution in [-0.4, -0.2) is 51.9 Å². The first kappa shape index (κ1) is 21.9. The van der Waals surface area contributed by atoms with E-state index in [4.69, 9.17) is 9.73 Å². The third-order valence-corrected chi connectivity index (χ3v) is 5.39. The number of guanidine groups is 1. The van der Waals surface area contributed by atoms with Crippen molar-refractivity contribution >= 4 is 29.9 Å². The number of rotatable bonds is 7. The summed E-state index contributed by atoms with van der Waals surface area (Å²) >= 11 is 0. The summed E-state index contributed by atoms with van der Waals surface area (Å²) in [6.07, 6.45) is 9.69. The van der Waals surface area contributed by atoms with Crippen LogP contribution in [0.3, 0.4) is 0 Å². The number of hydrogen-bond acceptors (Lipinski definition) is 4. The molecule has 7 nitrogen and oxygen atoms in total. The fourth-order valence-corrected chi connectivity index (χ4v) is 3.55. The zero-order valence-electron chi connectivity index (χ0n) is 17.3. The van der Waals surface area contributed by atoms with Gasteiger partial charge in [0.25, 0.3) is 0 Å². The molecule has 2 aliphatic rings. The van der Waals surface area contributed by atoms with Crippen molar-refractivity contribution < 1.29 is 4.74 Å². The van der Waals surface area contributed by atoms with Gasteiger partial charge in [-0.3, -0.25) is 4.68 Å². The number of aryl methyl sites for hydroxylation is 1. The molecule has 0 aromatic carbocycles. The molecule has 158 valence electrons. The number of halogens is 1. The van der Waals surface area contributed by atoms with E-state index in [9.17, 15) is 0 Å². The van der Waals surface area contributed by atoms with E-state index in [0.717, 1.165) is 50.1 Å². The summed E-state index contributed by atoms with van der Waals surface area (Å²) in [7, 11) is 1.97. The Labute approximate surface area is 190 Å². The molecule has 0 spiro atoms. The summed E-state index contributed by atoms with van der Waals surface area (Å²) in [5, 5.41) is 7.74. The molecule has 0 bridgehead atoms. The number of ether oxygens (including phenoxy) is 1. The normalized spacial score (nSPS) is 19.2. The average Bonchev–Trinajstić information content (AvgIpc) is 3.23. The number of nitrogens with zero attached hydrogens (tertiary/aromatic N) is 5. The number of likely N-dealkylation sites (tertiary alicyclic amines) is 1. The zero-order chi connectivity index (χ0) is 19.3. The third kappa shape index (κ3) is 6.07. The summed E-state index contributed by atoms with van der Waals surface area (Å²) in [6, 6.07) is 4.01. The molecule has 2 fully saturated rings. The van der Waals surface area contributed by atoms with Gasteiger partial charge in [0, 0.05) is 51.1 Å². The Morgan fingerprint density at radius 1 is 1.28 bits per heavy atom. The maximum absolute atomic E-state index is 5.71. The van der Waals surface area contributed by atoms with Crippen LogP contribution in [-0.2, 0) is 13.6 Å². The molecule has 0 amide bonds. The predicted molar refractivity (Wildman–Crippen MR) is 125 cm³/mol. The van der Waals surface area contributed by atoms with Gasteiger partial charge in [0.1, 0.15) is 0 Å². The lowest BCUT2D eigenvalue weighted by atomic mass is 10.0. The van der Waals surface area contributed by atoms with Crippen LogP contribution in [0.4, 0.5) is 0 Å². The predicted octanol–water partition coefficient (Wildman–Crippen LogP) is 3.18. The molecule has 2 aromatic rings. The van der Waals surface area contributed by atoms with E-state index < -0.39 is 0 Å². The molecular formula is C21H31IN6O. The van der Waals surface area contributed by atoms with Crippen molar-refractivity contribution in [2.75, 3.05) is 26.2 Å². The first-order chi connectivity index (χ1) is 13.7. The molecule has 4 rings (SSSR count). The van der Waals surface area contributed by atoms with Crippen LogP contribution >= 0.6 is 24.0 Å². The van der Waals surface area contributed by atoms with E-state index in [2.05, 4.69) is 39.5 Å². The van der Waals surface area contributed by atoms with E-state index in [1.54, 1.807) is 0 Å². The molecule has 3 heterocycles. The highest BCUT2D eigenvalue weighted by Crippen LogP contribution is 2.29. The van der Waals surface area contributed by atoms with Gasteiger partial charge in [-0.1, -0.05) is 6.07 Å². The SMILES string of the molecule is CCNC(=NCc1ccc(OCC2CC2)nc1)N1CCC(c2cnn(C)c2)C1.I. The second kappa shape index (κ2) is 10.3. The second-order valence-electron chi connectivity index (χ2n) is 7.81. The number of pyridine rings is 1. The standard InChI is InChI=1S/C21H30N6O.HI/c1-3-22-21(27-9-8-18(14-27)19-12-25-26(2)13-19)24-11-17-6-7-20(23-10-17)28-15-16-4-5-16;/h6-7,10,12-13,16,18H,3-5,8-9,11,14-15H2,1-2H3,(H,22,24);1H. The monoisotopic (exact) mass is 510 g/mol. The lowest BCUT2D eigenvalue weighted by Gasteiger charge is -2.21. The van der Waals surface area contributed by atoms with Gasteiger partial charge in [-0.05, 0) is 43.2 Å². The van der Waals surface area contributed by atoms with E-state index in [1.807, 2.05) is 30.2 Å². The Kier molecular flexibility index (Phi) is 7.74. The average molecular weight is 510 g/mol. The number of aromatic nitrogens is 3. The molecule has 1 aliphatic carbocycles. The van der Waals surface area contributed by atoms with Gasteiger partial charge >= 0.3 is 0 Å². The van der Waals surface area contributed by atoms with Crippen molar-refractivity contribution in [3.05, 3.63) is 41.9 Å². The third-order valence-electron chi connectivity index (χ3n) is 5.39. The smallest absolute Gasteiger partial charge is 0.213 e. The minimum absolute atomic E-state index is 0. The highest BCUT2D eigenvalue weighted by molar-refractivity contribution is 14.0. The largest absolute Gasteiger partial charge is 0.477 e. The van der Waals surface area contributed by atoms with Gasteiger partial charge < -0.3 is 15.0 Å². The molecule has 1 atom stereocenters. The van der Waals surface area contributed by atoms with Crippen molar-refractivity contribution in [3.63, 3.8) is 0 Å². The van der Waals surface area contributed by atoms with Crippen LogP contribution in [0.1, 0.15) is 43.2 Å². The summed E-state index contributed by atoms with van der Waals surface area (Å²) in [5.41, 5.74) is 2.41. The first-order valence-electron chi connectivity index (χ1n) is 10.3. The quantitative estimate of drug-likeness (QED) is 0.352. The van der Waals surface area contributed by atoms with E-state index in [-0.39, 0.29) is 24.0 Å². The minimum atomic E-state index is 0. The van der Waals surface area contributed by atoms with Crippen molar-refractivity contribution in [1.82, 2.24) is 25.0 Å². The van der Waals surface area contributed by atoms with Crippen molar-refractivity contribution in [3.8, 4) is 5.88 Å². The Hall–Kier alpha value is -1.84. The summed E-state index contributed by atoms with van der Waals surface area (Å²) in [4.78, 5) is 11.6. The Morgan fingerprint density at radius 3 is 2.79 bits per heavy atom. The highest BCUT2D eigenvalue weighted by atomic mass is 127. The van der Waals surface area contributed by atoms with E-state index in [1.165, 1.54) is 18.4 Å². The lowest BCUT2D eigenvalue weighted by molar-refractivity contribution is 0.288. The highest BCUT2D eigenvalue weighted by Gasteiger charge is 2.27. The van der Waals surface area contributed by atoms with Crippen molar-refractivity contribution in [2.45, 2.75) is 38.6 Å². The lowest BCUT2D eigenvalue weighted by Crippen LogP contribution is -2.40. The van der Waals surface area contributed by atoms with Crippen LogP contribution in [0, 0.1) is 5.92 Å². The summed E-state index contributed by atoms with van der Waals surface area (Å²) < 4.78 is 7.59. The fraction of sp³-hybridized carbons (Fsp3) is 0.571. The van der Waals surface area contributed by atoms with Gasteiger partial charge in [0.15, 0.2) is 5.96 Å². The van der Waals surface area contributed by atoms with Gasteiger partial charge in [-0.15, -0.1) is 24.0 Å². The van der Waals surface area contributed by atoms with Gasteiger partial charge in [-0.25, -0.2) is 9.98 Å². The molecule has 8 heteroatoms. The van der Waals surface area contributed by atoms with Crippen molar-refractivity contribution in [1.29, 1.82) is 0 Å². The van der Waals surface area contributed by atoms with Gasteiger partial charge in [0.05, 0.1) is 19.3 Å². The molecule has 1 N–H and O–H groups in total. The second-order valence-corrected chi connectivity index (χ2v) is 7.81. The van der Waals surface area contributed by atoms with Crippen LogP contribution in [0.2, 0.25) is 0 Å². The minimum Gasteiger partial charge on any atom is -0.477 e. The van der Waals surface area contributed by atoms with E-state index in [0.29, 0.717) is 18.3 Å². The summed E-state index contributed by atoms with van der Waals surface area (Å²) in [5.74, 6) is 2.94. The maximum atomic E-state index is 5.71. The van der Waals surface area contributed by atoms with Crippen molar-refractivity contribution in [2.24, 2.45) is 18.0 Å². The molecular weight excluding hydrogens is 479 g/mol. The number of nitrogens with one attached hydrogen (secondary N) is 1. The van der Waals surface area contributed by atoms with Gasteiger partial charge in [-0.2, -0.15) is 5.10 Å². The zero-order valence-corrected chi connectivity index (χ0v) is 19.6. The number of hydrogen-bond donors (Lipinski definition) is 1. The maximum Gasteiger partial charge on any atom is 0.213 e. The van der Waals surface area contributed by atoms with Crippen LogP contribution in [0.5, 0.6) is 5.88 Å². The topological polar surface area (TPSA) is 67.6 Å². The van der Waals surface area contributed by atoms with Crippen LogP contribution in [0.25, 0.3) is 0 Å². The van der Waals surface area contributed by atoms with E-state index >= 15 is 0 Å². The van der Waals surface area contributed by atoms with Crippen LogP contribution in [0.15, 0.2) is 35.7 Å². The Morgan fingerprint density at radius 2 is 2.14 bits per heavy atom. The molecule has 29 heavy (non-hydrogen) atoms. The summed E-state index contributed by atoms with van der Waals surface area (Å²) in [6.45, 7) is 6.37. The molecule has 1 saturated carbocycles. The Balaban J connectivity index is 0.00000240. The molecule has 0 radical (unpaired) electrons. The molecule has 1 saturated heterocycles. The molecule has 1 aliphatic heterocycles. The first-order valence-corrected chi connectivity index (χ1v) is 10.3. The number of aliphatic imine (C=N–C) groups is 1. The Bertz CT molecular complexity index is 802.